The SMILES string of the molecule is CCC(C#N)(CC)C(=O)Nc1ccc(C)cc1Br. The molecule has 1 aromatic rings. The molecule has 0 atom stereocenters. The van der Waals surface area contributed by atoms with Gasteiger partial charge in [0, 0.05) is 4.47 Å². The molecular weight excluding hydrogens is 292 g/mol. The third-order valence-corrected chi connectivity index (χ3v) is 3.88. The highest BCUT2D eigenvalue weighted by Crippen LogP contribution is 2.30. The van der Waals surface area contributed by atoms with Crippen molar-refractivity contribution in [1.82, 2.24) is 0 Å². The largest absolute Gasteiger partial charge is 0.324 e. The molecule has 0 aliphatic rings. The average Bonchev–Trinajstić information content (AvgIpc) is 2.36. The van der Waals surface area contributed by atoms with Crippen molar-refractivity contribution in [1.29, 1.82) is 5.26 Å². The van der Waals surface area contributed by atoms with Crippen molar-refractivity contribution in [2.45, 2.75) is 33.6 Å². The maximum atomic E-state index is 12.2. The zero-order valence-electron chi connectivity index (χ0n) is 10.9. The molecule has 1 aromatic carbocycles. The minimum Gasteiger partial charge on any atom is -0.324 e. The van der Waals surface area contributed by atoms with E-state index in [1.165, 1.54) is 0 Å². The number of carbonyl (C=O) groups is 1. The van der Waals surface area contributed by atoms with Gasteiger partial charge in [0.05, 0.1) is 11.8 Å². The van der Waals surface area contributed by atoms with Gasteiger partial charge in [-0.2, -0.15) is 5.26 Å². The number of benzene rings is 1. The van der Waals surface area contributed by atoms with E-state index in [0.717, 1.165) is 10.0 Å². The second-order valence-electron chi connectivity index (χ2n) is 4.34. The smallest absolute Gasteiger partial charge is 0.244 e. The lowest BCUT2D eigenvalue weighted by Crippen LogP contribution is -2.34. The second kappa shape index (κ2) is 6.01. The number of rotatable bonds is 4. The standard InChI is InChI=1S/C14H17BrN2O/c1-4-14(5-2,9-16)13(18)17-12-7-6-10(3)8-11(12)15/h6-8H,4-5H2,1-3H3,(H,17,18). The molecule has 0 fully saturated rings. The van der Waals surface area contributed by atoms with Crippen molar-refractivity contribution in [2.75, 3.05) is 5.32 Å². The van der Waals surface area contributed by atoms with E-state index < -0.39 is 5.41 Å². The maximum Gasteiger partial charge on any atom is 0.244 e. The number of nitrogens with one attached hydrogen (secondary N) is 1. The van der Waals surface area contributed by atoms with Gasteiger partial charge in [0.1, 0.15) is 5.41 Å². The third kappa shape index (κ3) is 2.91. The Morgan fingerprint density at radius 3 is 2.50 bits per heavy atom. The van der Waals surface area contributed by atoms with Crippen LogP contribution in [0.15, 0.2) is 22.7 Å². The molecule has 4 heteroatoms. The Morgan fingerprint density at radius 2 is 2.06 bits per heavy atom. The summed E-state index contributed by atoms with van der Waals surface area (Å²) < 4.78 is 0.829. The summed E-state index contributed by atoms with van der Waals surface area (Å²) >= 11 is 3.41. The van der Waals surface area contributed by atoms with Crippen LogP contribution < -0.4 is 5.32 Å². The number of aryl methyl sites for hydroxylation is 1. The number of hydrogen-bond donors (Lipinski definition) is 1. The van der Waals surface area contributed by atoms with Crippen LogP contribution in [0.5, 0.6) is 0 Å². The Hall–Kier alpha value is -1.34. The van der Waals surface area contributed by atoms with Gasteiger partial charge in [-0.25, -0.2) is 0 Å². The summed E-state index contributed by atoms with van der Waals surface area (Å²) in [5.74, 6) is -0.237. The van der Waals surface area contributed by atoms with E-state index in [2.05, 4.69) is 27.3 Å². The molecule has 0 radical (unpaired) electrons. The molecule has 0 heterocycles. The van der Waals surface area contributed by atoms with Crippen molar-refractivity contribution in [3.63, 3.8) is 0 Å². The molecule has 1 amide bonds. The quantitative estimate of drug-likeness (QED) is 0.913. The first-order valence-electron chi connectivity index (χ1n) is 5.98. The van der Waals surface area contributed by atoms with Crippen LogP contribution in [-0.2, 0) is 4.79 Å². The summed E-state index contributed by atoms with van der Waals surface area (Å²) in [6, 6.07) is 7.83. The summed E-state index contributed by atoms with van der Waals surface area (Å²) in [6.45, 7) is 5.70. The molecule has 0 aliphatic heterocycles. The lowest BCUT2D eigenvalue weighted by Gasteiger charge is -2.22. The van der Waals surface area contributed by atoms with Crippen molar-refractivity contribution in [2.24, 2.45) is 5.41 Å². The summed E-state index contributed by atoms with van der Waals surface area (Å²) in [7, 11) is 0. The number of amides is 1. The van der Waals surface area contributed by atoms with Gasteiger partial charge in [0.25, 0.3) is 0 Å². The molecule has 0 spiro atoms. The van der Waals surface area contributed by atoms with Crippen LogP contribution in [0, 0.1) is 23.7 Å². The van der Waals surface area contributed by atoms with Crippen molar-refractivity contribution >= 4 is 27.5 Å². The average molecular weight is 309 g/mol. The van der Waals surface area contributed by atoms with Gasteiger partial charge in [-0.1, -0.05) is 19.9 Å². The predicted octanol–water partition coefficient (Wildman–Crippen LogP) is 4.03. The number of nitrogens with zero attached hydrogens (tertiary/aromatic N) is 1. The number of hydrogen-bond acceptors (Lipinski definition) is 2. The molecule has 0 unspecified atom stereocenters. The molecule has 3 nitrogen and oxygen atoms in total. The van der Waals surface area contributed by atoms with E-state index in [4.69, 9.17) is 0 Å². The zero-order chi connectivity index (χ0) is 13.8. The minimum absolute atomic E-state index is 0.237. The second-order valence-corrected chi connectivity index (χ2v) is 5.19. The van der Waals surface area contributed by atoms with E-state index in [1.807, 2.05) is 39.0 Å². The molecule has 1 rings (SSSR count). The summed E-state index contributed by atoms with van der Waals surface area (Å²) in [5, 5.41) is 12.0. The topological polar surface area (TPSA) is 52.9 Å². The normalized spacial score (nSPS) is 10.8. The van der Waals surface area contributed by atoms with Crippen LogP contribution >= 0.6 is 15.9 Å². The molecule has 1 N–H and O–H groups in total. The Morgan fingerprint density at radius 1 is 1.44 bits per heavy atom. The van der Waals surface area contributed by atoms with Crippen molar-refractivity contribution in [3.8, 4) is 6.07 Å². The predicted molar refractivity (Wildman–Crippen MR) is 76.1 cm³/mol. The first-order chi connectivity index (χ1) is 8.49. The molecule has 0 bridgehead atoms. The first kappa shape index (κ1) is 14.7. The monoisotopic (exact) mass is 308 g/mol. The van der Waals surface area contributed by atoms with Crippen LogP contribution in [0.1, 0.15) is 32.3 Å². The van der Waals surface area contributed by atoms with Gasteiger partial charge < -0.3 is 5.32 Å². The maximum absolute atomic E-state index is 12.2. The fourth-order valence-corrected chi connectivity index (χ4v) is 2.34. The zero-order valence-corrected chi connectivity index (χ0v) is 12.5. The molecule has 0 saturated heterocycles. The van der Waals surface area contributed by atoms with Crippen LogP contribution in [0.25, 0.3) is 0 Å². The molecular formula is C14H17BrN2O. The Bertz CT molecular complexity index is 487. The van der Waals surface area contributed by atoms with Gasteiger partial charge in [0.15, 0.2) is 0 Å². The summed E-state index contributed by atoms with van der Waals surface area (Å²) in [5.41, 5.74) is 0.870. The molecule has 18 heavy (non-hydrogen) atoms. The molecule has 0 saturated carbocycles. The third-order valence-electron chi connectivity index (χ3n) is 3.23. The lowest BCUT2D eigenvalue weighted by molar-refractivity contribution is -0.123. The van der Waals surface area contributed by atoms with Crippen molar-refractivity contribution < 1.29 is 4.79 Å². The molecule has 0 aliphatic carbocycles. The Balaban J connectivity index is 2.97. The lowest BCUT2D eigenvalue weighted by atomic mass is 9.83. The highest BCUT2D eigenvalue weighted by molar-refractivity contribution is 9.10. The Kier molecular flexibility index (Phi) is 4.92. The Labute approximate surface area is 116 Å². The van der Waals surface area contributed by atoms with Gasteiger partial charge in [-0.05, 0) is 53.4 Å². The van der Waals surface area contributed by atoms with Crippen molar-refractivity contribution in [3.05, 3.63) is 28.2 Å². The summed E-state index contributed by atoms with van der Waals surface area (Å²) in [4.78, 5) is 12.2. The van der Waals surface area contributed by atoms with E-state index in [1.54, 1.807) is 0 Å². The number of anilines is 1. The first-order valence-corrected chi connectivity index (χ1v) is 6.77. The number of nitriles is 1. The van der Waals surface area contributed by atoms with Crippen LogP contribution in [-0.4, -0.2) is 5.91 Å². The van der Waals surface area contributed by atoms with Gasteiger partial charge in [-0.15, -0.1) is 0 Å². The van der Waals surface area contributed by atoms with Gasteiger partial charge in [-0.3, -0.25) is 4.79 Å². The summed E-state index contributed by atoms with van der Waals surface area (Å²) in [6.07, 6.45) is 1.02. The van der Waals surface area contributed by atoms with Gasteiger partial charge >= 0.3 is 0 Å². The van der Waals surface area contributed by atoms with Crippen LogP contribution in [0.2, 0.25) is 0 Å². The van der Waals surface area contributed by atoms with Crippen LogP contribution in [0.4, 0.5) is 5.69 Å². The highest BCUT2D eigenvalue weighted by atomic mass is 79.9. The molecule has 0 aromatic heterocycles. The van der Waals surface area contributed by atoms with E-state index in [-0.39, 0.29) is 5.91 Å². The van der Waals surface area contributed by atoms with E-state index >= 15 is 0 Å². The fraction of sp³-hybridized carbons (Fsp3) is 0.429. The van der Waals surface area contributed by atoms with Gasteiger partial charge in [0.2, 0.25) is 5.91 Å². The number of halogens is 1. The minimum atomic E-state index is -0.940. The van der Waals surface area contributed by atoms with E-state index in [0.29, 0.717) is 18.5 Å². The molecule has 96 valence electrons. The van der Waals surface area contributed by atoms with Crippen LogP contribution in [0.3, 0.4) is 0 Å². The highest BCUT2D eigenvalue weighted by Gasteiger charge is 2.35. The fourth-order valence-electron chi connectivity index (χ4n) is 1.74. The van der Waals surface area contributed by atoms with E-state index in [9.17, 15) is 10.1 Å². The number of carbonyl (C=O) groups excluding carboxylic acids is 1.